The molecule has 0 saturated carbocycles. The molecular weight excluding hydrogens is 642 g/mol. The zero-order valence-corrected chi connectivity index (χ0v) is 25.9. The molecule has 0 radical (unpaired) electrons. The standard InChI is InChI=1S/C33H26ClF4N5O2S/c1-42(17-21-2-6-24(7-3-21)25-8-10-27(34)11-9-25)29(44)19-43-18-26(14-23-15-39-31(40-16-23)33(36,37)38)30(45)41-32(43)46-20-22-4-12-28(35)13-5-22/h2-13,15-16,18H,14,17,19-20H2,1H3. The Morgan fingerprint density at radius 1 is 0.891 bits per heavy atom. The van der Waals surface area contributed by atoms with E-state index in [9.17, 15) is 27.2 Å². The zero-order valence-electron chi connectivity index (χ0n) is 24.3. The van der Waals surface area contributed by atoms with Crippen molar-refractivity contribution in [2.45, 2.75) is 36.6 Å². The third-order valence-corrected chi connectivity index (χ3v) is 8.26. The molecule has 3 aromatic carbocycles. The first-order valence-electron chi connectivity index (χ1n) is 13.9. The SMILES string of the molecule is CN(Cc1ccc(-c2ccc(Cl)cc2)cc1)C(=O)Cn1cc(Cc2cnc(C(F)(F)F)nc2)c(=O)nc1SCc1ccc(F)cc1. The molecule has 236 valence electrons. The summed E-state index contributed by atoms with van der Waals surface area (Å²) in [5, 5.41) is 0.909. The third kappa shape index (κ3) is 8.58. The van der Waals surface area contributed by atoms with Gasteiger partial charge in [0.05, 0.1) is 0 Å². The van der Waals surface area contributed by atoms with Gasteiger partial charge < -0.3 is 9.47 Å². The minimum Gasteiger partial charge on any atom is -0.340 e. The predicted octanol–water partition coefficient (Wildman–Crippen LogP) is 7.05. The van der Waals surface area contributed by atoms with Gasteiger partial charge in [0.1, 0.15) is 12.4 Å². The number of hydrogen-bond acceptors (Lipinski definition) is 6. The van der Waals surface area contributed by atoms with Crippen LogP contribution in [0.2, 0.25) is 5.02 Å². The number of thioether (sulfide) groups is 1. The van der Waals surface area contributed by atoms with Crippen LogP contribution in [0.1, 0.15) is 28.1 Å². The van der Waals surface area contributed by atoms with Crippen molar-refractivity contribution in [3.05, 3.63) is 141 Å². The van der Waals surface area contributed by atoms with Crippen LogP contribution >= 0.6 is 23.4 Å². The molecule has 2 heterocycles. The molecule has 0 aliphatic rings. The molecule has 46 heavy (non-hydrogen) atoms. The summed E-state index contributed by atoms with van der Waals surface area (Å²) in [5.74, 6) is -1.58. The van der Waals surface area contributed by atoms with Gasteiger partial charge in [-0.2, -0.15) is 18.2 Å². The minimum atomic E-state index is -4.69. The highest BCUT2D eigenvalue weighted by Gasteiger charge is 2.34. The van der Waals surface area contributed by atoms with Crippen molar-refractivity contribution in [1.29, 1.82) is 0 Å². The maximum Gasteiger partial charge on any atom is 0.451 e. The first kappa shape index (κ1) is 32.8. The molecule has 0 atom stereocenters. The maximum absolute atomic E-state index is 13.4. The first-order valence-corrected chi connectivity index (χ1v) is 15.3. The molecule has 0 aliphatic heterocycles. The van der Waals surface area contributed by atoms with Gasteiger partial charge in [-0.25, -0.2) is 14.4 Å². The highest BCUT2D eigenvalue weighted by Crippen LogP contribution is 2.26. The summed E-state index contributed by atoms with van der Waals surface area (Å²) in [5.41, 5.74) is 3.53. The fourth-order valence-electron chi connectivity index (χ4n) is 4.49. The van der Waals surface area contributed by atoms with E-state index in [0.29, 0.717) is 17.3 Å². The number of benzene rings is 3. The topological polar surface area (TPSA) is 81.0 Å². The average Bonchev–Trinajstić information content (AvgIpc) is 3.03. The number of aromatic nitrogens is 4. The van der Waals surface area contributed by atoms with Crippen LogP contribution in [0.5, 0.6) is 0 Å². The number of carbonyl (C=O) groups is 1. The summed E-state index contributed by atoms with van der Waals surface area (Å²) < 4.78 is 53.6. The van der Waals surface area contributed by atoms with Gasteiger partial charge in [0.2, 0.25) is 11.7 Å². The van der Waals surface area contributed by atoms with E-state index in [1.807, 2.05) is 48.5 Å². The van der Waals surface area contributed by atoms with Crippen molar-refractivity contribution in [2.24, 2.45) is 0 Å². The van der Waals surface area contributed by atoms with Gasteiger partial charge in [0.15, 0.2) is 5.16 Å². The van der Waals surface area contributed by atoms with Gasteiger partial charge in [0.25, 0.3) is 5.56 Å². The molecule has 0 saturated heterocycles. The van der Waals surface area contributed by atoms with Crippen LogP contribution in [0.15, 0.2) is 101 Å². The number of amides is 1. The molecule has 13 heteroatoms. The van der Waals surface area contributed by atoms with Gasteiger partial charge in [-0.05, 0) is 52.1 Å². The average molecular weight is 668 g/mol. The van der Waals surface area contributed by atoms with E-state index in [2.05, 4.69) is 15.0 Å². The predicted molar refractivity (Wildman–Crippen MR) is 168 cm³/mol. The van der Waals surface area contributed by atoms with Crippen LogP contribution in [-0.4, -0.2) is 37.4 Å². The summed E-state index contributed by atoms with van der Waals surface area (Å²) in [4.78, 5) is 38.8. The third-order valence-electron chi connectivity index (χ3n) is 6.95. The van der Waals surface area contributed by atoms with Crippen LogP contribution in [0, 0.1) is 5.82 Å². The lowest BCUT2D eigenvalue weighted by Crippen LogP contribution is -2.31. The van der Waals surface area contributed by atoms with Crippen LogP contribution in [0.25, 0.3) is 11.1 Å². The Morgan fingerprint density at radius 3 is 2.09 bits per heavy atom. The maximum atomic E-state index is 13.4. The van der Waals surface area contributed by atoms with Crippen LogP contribution < -0.4 is 5.56 Å². The quantitative estimate of drug-likeness (QED) is 0.0902. The molecule has 0 aliphatic carbocycles. The van der Waals surface area contributed by atoms with Crippen LogP contribution in [0.4, 0.5) is 17.6 Å². The van der Waals surface area contributed by atoms with Gasteiger partial charge in [-0.3, -0.25) is 9.59 Å². The molecule has 5 aromatic rings. The van der Waals surface area contributed by atoms with E-state index in [0.717, 1.165) is 34.6 Å². The van der Waals surface area contributed by atoms with Crippen molar-refractivity contribution in [2.75, 3.05) is 7.05 Å². The fraction of sp³-hybridized carbons (Fsp3) is 0.182. The second-order valence-corrected chi connectivity index (χ2v) is 11.8. The Kier molecular flexibility index (Phi) is 10.2. The van der Waals surface area contributed by atoms with Gasteiger partial charge in [-0.15, -0.1) is 0 Å². The second-order valence-electron chi connectivity index (χ2n) is 10.4. The van der Waals surface area contributed by atoms with Crippen molar-refractivity contribution >= 4 is 29.3 Å². The van der Waals surface area contributed by atoms with Crippen molar-refractivity contribution in [1.82, 2.24) is 24.4 Å². The highest BCUT2D eigenvalue weighted by atomic mass is 35.5. The van der Waals surface area contributed by atoms with Crippen molar-refractivity contribution < 1.29 is 22.4 Å². The first-order chi connectivity index (χ1) is 21.9. The molecule has 0 spiro atoms. The molecule has 2 aromatic heterocycles. The van der Waals surface area contributed by atoms with Crippen LogP contribution in [0.3, 0.4) is 0 Å². The molecule has 0 unspecified atom stereocenters. The monoisotopic (exact) mass is 667 g/mol. The van der Waals surface area contributed by atoms with E-state index in [1.165, 1.54) is 30.1 Å². The molecule has 0 N–H and O–H groups in total. The van der Waals surface area contributed by atoms with E-state index in [-0.39, 0.29) is 41.0 Å². The van der Waals surface area contributed by atoms with Crippen molar-refractivity contribution in [3.63, 3.8) is 0 Å². The molecule has 7 nitrogen and oxygen atoms in total. The number of rotatable bonds is 10. The molecule has 5 rings (SSSR count). The van der Waals surface area contributed by atoms with E-state index in [1.54, 1.807) is 28.6 Å². The van der Waals surface area contributed by atoms with Gasteiger partial charge >= 0.3 is 6.18 Å². The zero-order chi connectivity index (χ0) is 32.8. The Balaban J connectivity index is 1.34. The summed E-state index contributed by atoms with van der Waals surface area (Å²) in [7, 11) is 1.66. The number of nitrogens with zero attached hydrogens (tertiary/aromatic N) is 5. The largest absolute Gasteiger partial charge is 0.451 e. The number of hydrogen-bond donors (Lipinski definition) is 0. The number of alkyl halides is 3. The van der Waals surface area contributed by atoms with E-state index in [4.69, 9.17) is 11.6 Å². The Hall–Kier alpha value is -4.55. The lowest BCUT2D eigenvalue weighted by atomic mass is 10.0. The highest BCUT2D eigenvalue weighted by molar-refractivity contribution is 7.98. The summed E-state index contributed by atoms with van der Waals surface area (Å²) in [6.45, 7) is 0.163. The Bertz CT molecular complexity index is 1870. The minimum absolute atomic E-state index is 0.0864. The van der Waals surface area contributed by atoms with Gasteiger partial charge in [-0.1, -0.05) is 71.9 Å². The summed E-state index contributed by atoms with van der Waals surface area (Å²) in [6, 6.07) is 21.2. The van der Waals surface area contributed by atoms with E-state index >= 15 is 0 Å². The van der Waals surface area contributed by atoms with E-state index < -0.39 is 17.6 Å². The lowest BCUT2D eigenvalue weighted by molar-refractivity contribution is -0.145. The normalized spacial score (nSPS) is 11.4. The molecule has 0 fully saturated rings. The Labute approximate surface area is 270 Å². The van der Waals surface area contributed by atoms with Crippen LogP contribution in [-0.2, 0) is 36.2 Å². The second kappa shape index (κ2) is 14.3. The van der Waals surface area contributed by atoms with Crippen molar-refractivity contribution in [3.8, 4) is 11.1 Å². The summed E-state index contributed by atoms with van der Waals surface area (Å²) in [6.07, 6.45) is -1.28. The molecular formula is C33H26ClF4N5O2S. The molecule has 0 bridgehead atoms. The Morgan fingerprint density at radius 2 is 1.48 bits per heavy atom. The number of halogens is 5. The smallest absolute Gasteiger partial charge is 0.340 e. The van der Waals surface area contributed by atoms with Gasteiger partial charge in [0, 0.05) is 54.9 Å². The number of carbonyl (C=O) groups excluding carboxylic acids is 1. The number of likely N-dealkylation sites (N-methyl/N-ethyl adjacent to an activating group) is 1. The lowest BCUT2D eigenvalue weighted by Gasteiger charge is -2.20. The summed E-state index contributed by atoms with van der Waals surface area (Å²) >= 11 is 7.19. The fourth-order valence-corrected chi connectivity index (χ4v) is 5.53. The molecule has 1 amide bonds.